The molecule has 8 amide bonds. The molecule has 334 valence electrons. The number of likely N-dealkylation sites (tertiary alicyclic amines) is 1. The number of nitrogens with zero attached hydrogens (tertiary/aromatic N) is 1. The highest BCUT2D eigenvalue weighted by Crippen LogP contribution is 2.19. The van der Waals surface area contributed by atoms with Crippen LogP contribution in [0, 0.1) is 5.92 Å². The maximum Gasteiger partial charge on any atom is 0.325 e. The molecule has 22 nitrogen and oxygen atoms in total. The van der Waals surface area contributed by atoms with Gasteiger partial charge in [0, 0.05) is 13.0 Å². The predicted molar refractivity (Wildman–Crippen MR) is 212 cm³/mol. The van der Waals surface area contributed by atoms with E-state index in [9.17, 15) is 53.4 Å². The first-order valence-corrected chi connectivity index (χ1v) is 19.5. The Bertz CT molecular complexity index is 1680. The normalized spacial score (nSPS) is 17.6. The summed E-state index contributed by atoms with van der Waals surface area (Å²) in [5.74, 6) is -8.08. The number of nitrogens with one attached hydrogen (secondary N) is 7. The van der Waals surface area contributed by atoms with E-state index in [4.69, 9.17) is 15.9 Å². The van der Waals surface area contributed by atoms with Gasteiger partial charge in [0.1, 0.15) is 54.4 Å². The molecule has 1 aromatic rings. The zero-order valence-corrected chi connectivity index (χ0v) is 34.3. The molecule has 60 heavy (non-hydrogen) atoms. The second kappa shape index (κ2) is 24.4. The van der Waals surface area contributed by atoms with Crippen LogP contribution in [-0.2, 0) is 49.6 Å². The first kappa shape index (κ1) is 50.4. The number of rotatable bonds is 23. The van der Waals surface area contributed by atoms with Crippen molar-refractivity contribution in [3.8, 4) is 0 Å². The fourth-order valence-corrected chi connectivity index (χ4v) is 6.03. The van der Waals surface area contributed by atoms with E-state index in [0.717, 1.165) is 0 Å². The maximum atomic E-state index is 14.0. The number of nitrogens with two attached hydrogens (primary N) is 1. The SMILES string of the molecule is CC(C)C[C@H](NC(=O)[C@H](Cc1ccccc1)NC(=O)[C@@H]1CCCN1C(=O)[C@H](C)NC(=O)[C@H](CO)NC(=O)[C@@H](N)CO)C(=O)N[C@@H](C)C(=O)N[C@@H](CO)C(=O)N[C@@H](C)C(=O)O. The topological polar surface area (TPSA) is 348 Å². The Kier molecular flexibility index (Phi) is 20.5. The van der Waals surface area contributed by atoms with Crippen LogP contribution in [0.15, 0.2) is 30.3 Å². The summed E-state index contributed by atoms with van der Waals surface area (Å²) in [6.45, 7) is 5.12. The van der Waals surface area contributed by atoms with Gasteiger partial charge in [-0.05, 0) is 51.5 Å². The minimum absolute atomic E-state index is 0.0281. The van der Waals surface area contributed by atoms with E-state index in [0.29, 0.717) is 12.0 Å². The summed E-state index contributed by atoms with van der Waals surface area (Å²) in [7, 11) is 0. The van der Waals surface area contributed by atoms with Crippen molar-refractivity contribution in [1.29, 1.82) is 0 Å². The molecule has 0 spiro atoms. The molecule has 0 unspecified atom stereocenters. The summed E-state index contributed by atoms with van der Waals surface area (Å²) in [5, 5.41) is 54.3. The molecule has 1 aliphatic heterocycles. The molecule has 0 aromatic heterocycles. The third-order valence-corrected chi connectivity index (χ3v) is 9.47. The number of aliphatic hydroxyl groups excluding tert-OH is 3. The van der Waals surface area contributed by atoms with E-state index < -0.39 is 127 Å². The van der Waals surface area contributed by atoms with Crippen molar-refractivity contribution in [3.05, 3.63) is 35.9 Å². The summed E-state index contributed by atoms with van der Waals surface area (Å²) in [4.78, 5) is 118. The Balaban J connectivity index is 2.22. The summed E-state index contributed by atoms with van der Waals surface area (Å²) >= 11 is 0. The highest BCUT2D eigenvalue weighted by molar-refractivity contribution is 5.98. The van der Waals surface area contributed by atoms with E-state index in [1.807, 2.05) is 0 Å². The van der Waals surface area contributed by atoms with Gasteiger partial charge in [0.05, 0.1) is 19.8 Å². The number of carbonyl (C=O) groups excluding carboxylic acids is 8. The van der Waals surface area contributed by atoms with Gasteiger partial charge in [0.15, 0.2) is 0 Å². The smallest absolute Gasteiger partial charge is 0.325 e. The van der Waals surface area contributed by atoms with Crippen molar-refractivity contribution in [2.45, 2.75) is 115 Å². The van der Waals surface area contributed by atoms with Crippen molar-refractivity contribution in [2.75, 3.05) is 26.4 Å². The van der Waals surface area contributed by atoms with Crippen molar-refractivity contribution in [2.24, 2.45) is 11.7 Å². The van der Waals surface area contributed by atoms with Crippen LogP contribution in [0.1, 0.15) is 59.4 Å². The maximum absolute atomic E-state index is 14.0. The number of carboxylic acids is 1. The number of benzene rings is 1. The molecule has 2 rings (SSSR count). The molecule has 0 bridgehead atoms. The van der Waals surface area contributed by atoms with E-state index in [2.05, 4.69) is 37.2 Å². The van der Waals surface area contributed by atoms with Crippen molar-refractivity contribution < 1.29 is 63.6 Å². The van der Waals surface area contributed by atoms with Gasteiger partial charge < -0.3 is 68.3 Å². The van der Waals surface area contributed by atoms with Gasteiger partial charge in [-0.1, -0.05) is 44.2 Å². The number of carboxylic acid groups (broad SMARTS) is 1. The lowest BCUT2D eigenvalue weighted by Gasteiger charge is -2.30. The Morgan fingerprint density at radius 3 is 1.67 bits per heavy atom. The van der Waals surface area contributed by atoms with Gasteiger partial charge in [0.25, 0.3) is 0 Å². The van der Waals surface area contributed by atoms with E-state index in [-0.39, 0.29) is 31.7 Å². The van der Waals surface area contributed by atoms with Crippen LogP contribution in [0.25, 0.3) is 0 Å². The lowest BCUT2D eigenvalue weighted by Crippen LogP contribution is -2.60. The molecule has 9 atom stereocenters. The molecular weight excluding hydrogens is 790 g/mol. The molecule has 1 aromatic carbocycles. The Labute approximate surface area is 347 Å². The predicted octanol–water partition coefficient (Wildman–Crippen LogP) is -4.89. The number of carbonyl (C=O) groups is 9. The van der Waals surface area contributed by atoms with Gasteiger partial charge in [-0.15, -0.1) is 0 Å². The third kappa shape index (κ3) is 15.5. The molecule has 13 N–H and O–H groups in total. The second-order valence-corrected chi connectivity index (χ2v) is 14.9. The molecular formula is C38H59N9O13. The minimum Gasteiger partial charge on any atom is -0.480 e. The lowest BCUT2D eigenvalue weighted by molar-refractivity contribution is -0.142. The average Bonchev–Trinajstić information content (AvgIpc) is 3.70. The van der Waals surface area contributed by atoms with Crippen molar-refractivity contribution >= 4 is 53.2 Å². The molecule has 0 aliphatic carbocycles. The minimum atomic E-state index is -1.53. The van der Waals surface area contributed by atoms with Crippen LogP contribution in [0.3, 0.4) is 0 Å². The van der Waals surface area contributed by atoms with Gasteiger partial charge in [-0.2, -0.15) is 0 Å². The molecule has 0 saturated carbocycles. The summed E-state index contributed by atoms with van der Waals surface area (Å²) in [5.41, 5.74) is 6.10. The lowest BCUT2D eigenvalue weighted by atomic mass is 10.0. The van der Waals surface area contributed by atoms with Gasteiger partial charge >= 0.3 is 5.97 Å². The fraction of sp³-hybridized carbons (Fsp3) is 0.605. The van der Waals surface area contributed by atoms with Gasteiger partial charge in [-0.3, -0.25) is 43.2 Å². The quantitative estimate of drug-likeness (QED) is 0.0492. The van der Waals surface area contributed by atoms with E-state index >= 15 is 0 Å². The van der Waals surface area contributed by atoms with Crippen LogP contribution in [0.4, 0.5) is 0 Å². The third-order valence-electron chi connectivity index (χ3n) is 9.47. The summed E-state index contributed by atoms with van der Waals surface area (Å²) in [6, 6.07) is -3.10. The molecule has 1 heterocycles. The van der Waals surface area contributed by atoms with Crippen molar-refractivity contribution in [1.82, 2.24) is 42.1 Å². The highest BCUT2D eigenvalue weighted by atomic mass is 16.4. The van der Waals surface area contributed by atoms with Crippen LogP contribution < -0.4 is 43.0 Å². The molecule has 0 radical (unpaired) electrons. The highest BCUT2D eigenvalue weighted by Gasteiger charge is 2.39. The average molecular weight is 850 g/mol. The van der Waals surface area contributed by atoms with Crippen LogP contribution in [-0.4, -0.2) is 159 Å². The number of hydrogen-bond acceptors (Lipinski definition) is 13. The molecule has 1 saturated heterocycles. The standard InChI is InChI=1S/C38H59N9O13/c1-19(2)14-25(32(53)40-20(3)30(51)45-27(17-49)35(56)42-22(5)38(59)60)43-33(54)26(15-23-10-7-6-8-11-23)44-36(57)29-12-9-13-47(29)37(58)21(4)41-34(55)28(18-50)46-31(52)24(39)16-48/h6-8,10-11,19-22,24-29,48-50H,9,12-18,39H2,1-5H3,(H,40,53)(H,41,55)(H,42,56)(H,43,54)(H,44,57)(H,45,51)(H,46,52)(H,59,60)/t20-,21-,22-,24-,25-,26-,27-,28-,29-/m0/s1. The fourth-order valence-electron chi connectivity index (χ4n) is 6.03. The number of aliphatic carboxylic acids is 1. The largest absolute Gasteiger partial charge is 0.480 e. The summed E-state index contributed by atoms with van der Waals surface area (Å²) < 4.78 is 0. The first-order valence-electron chi connectivity index (χ1n) is 19.5. The Hall–Kier alpha value is -5.71. The Morgan fingerprint density at radius 1 is 0.633 bits per heavy atom. The monoisotopic (exact) mass is 849 g/mol. The number of hydrogen-bond donors (Lipinski definition) is 12. The van der Waals surface area contributed by atoms with E-state index in [1.54, 1.807) is 44.2 Å². The van der Waals surface area contributed by atoms with Crippen LogP contribution >= 0.6 is 0 Å². The second-order valence-electron chi connectivity index (χ2n) is 14.9. The van der Waals surface area contributed by atoms with Crippen LogP contribution in [0.2, 0.25) is 0 Å². The summed E-state index contributed by atoms with van der Waals surface area (Å²) in [6.07, 6.45) is 0.680. The molecule has 1 aliphatic rings. The number of amides is 8. The molecule has 1 fully saturated rings. The van der Waals surface area contributed by atoms with Gasteiger partial charge in [-0.25, -0.2) is 0 Å². The Morgan fingerprint density at radius 2 is 1.13 bits per heavy atom. The van der Waals surface area contributed by atoms with Crippen molar-refractivity contribution in [3.63, 3.8) is 0 Å². The zero-order valence-electron chi connectivity index (χ0n) is 34.3. The number of aliphatic hydroxyl groups is 3. The molecule has 22 heteroatoms. The van der Waals surface area contributed by atoms with E-state index in [1.165, 1.54) is 25.7 Å². The van der Waals surface area contributed by atoms with Crippen LogP contribution in [0.5, 0.6) is 0 Å². The zero-order chi connectivity index (χ0) is 45.3. The van der Waals surface area contributed by atoms with Gasteiger partial charge in [0.2, 0.25) is 47.3 Å². The first-order chi connectivity index (χ1) is 28.2.